The Bertz CT molecular complexity index is 342. The highest BCUT2D eigenvalue weighted by Crippen LogP contribution is 2.21. The van der Waals surface area contributed by atoms with Gasteiger partial charge in [0.15, 0.2) is 0 Å². The molecule has 0 amide bonds. The zero-order valence-corrected chi connectivity index (χ0v) is 9.82. The first kappa shape index (κ1) is 11.4. The van der Waals surface area contributed by atoms with Crippen molar-refractivity contribution < 1.29 is 0 Å². The molecule has 0 atom stereocenters. The lowest BCUT2D eigenvalue weighted by atomic mass is 9.97. The molecule has 2 heterocycles. The molecule has 6 heteroatoms. The molecule has 1 aromatic rings. The molecule has 16 heavy (non-hydrogen) atoms. The summed E-state index contributed by atoms with van der Waals surface area (Å²) in [6, 6.07) is 1.55. The molecule has 0 saturated carbocycles. The molecule has 0 bridgehead atoms. The third kappa shape index (κ3) is 2.54. The van der Waals surface area contributed by atoms with Gasteiger partial charge in [0.05, 0.1) is 0 Å². The highest BCUT2D eigenvalue weighted by atomic mass is 35.5. The molecule has 0 aliphatic carbocycles. The number of aromatic nitrogens is 2. The molecule has 1 aromatic heterocycles. The Morgan fingerprint density at radius 2 is 2.06 bits per heavy atom. The summed E-state index contributed by atoms with van der Waals surface area (Å²) >= 11 is 5.85. The van der Waals surface area contributed by atoms with Crippen LogP contribution in [0.3, 0.4) is 0 Å². The van der Waals surface area contributed by atoms with Crippen LogP contribution in [0, 0.1) is 5.92 Å². The first-order valence-corrected chi connectivity index (χ1v) is 5.82. The van der Waals surface area contributed by atoms with Crippen LogP contribution in [0.25, 0.3) is 0 Å². The van der Waals surface area contributed by atoms with Crippen LogP contribution in [-0.2, 0) is 0 Å². The van der Waals surface area contributed by atoms with E-state index in [4.69, 9.17) is 23.1 Å². The summed E-state index contributed by atoms with van der Waals surface area (Å²) in [5.74, 6) is 1.66. The zero-order valence-electron chi connectivity index (χ0n) is 9.06. The van der Waals surface area contributed by atoms with Gasteiger partial charge >= 0.3 is 0 Å². The number of hydrogen-bond donors (Lipinski definition) is 2. The molecule has 0 aromatic carbocycles. The summed E-state index contributed by atoms with van der Waals surface area (Å²) in [6.45, 7) is 2.59. The number of hydrogen-bond acceptors (Lipinski definition) is 5. The second-order valence-electron chi connectivity index (χ2n) is 4.08. The number of rotatable bonds is 2. The molecular weight excluding hydrogens is 226 g/mol. The van der Waals surface area contributed by atoms with Crippen LogP contribution in [0.5, 0.6) is 0 Å². The standard InChI is InChI=1S/C10H16ClN5/c11-8-5-9(13)15-10(14-8)16-3-1-7(6-12)2-4-16/h5,7H,1-4,6,12H2,(H2,13,14,15). The Morgan fingerprint density at radius 3 is 2.62 bits per heavy atom. The van der Waals surface area contributed by atoms with Crippen molar-refractivity contribution in [2.24, 2.45) is 11.7 Å². The van der Waals surface area contributed by atoms with Gasteiger partial charge in [-0.15, -0.1) is 0 Å². The van der Waals surface area contributed by atoms with Gasteiger partial charge in [-0.2, -0.15) is 4.98 Å². The topological polar surface area (TPSA) is 81.1 Å². The van der Waals surface area contributed by atoms with Gasteiger partial charge in [-0.25, -0.2) is 4.98 Å². The van der Waals surface area contributed by atoms with E-state index in [0.717, 1.165) is 32.5 Å². The normalized spacial score (nSPS) is 17.8. The van der Waals surface area contributed by atoms with Crippen molar-refractivity contribution in [1.29, 1.82) is 0 Å². The van der Waals surface area contributed by atoms with E-state index < -0.39 is 0 Å². The van der Waals surface area contributed by atoms with Gasteiger partial charge < -0.3 is 16.4 Å². The molecular formula is C10H16ClN5. The number of nitrogens with zero attached hydrogens (tertiary/aromatic N) is 3. The van der Waals surface area contributed by atoms with Gasteiger partial charge in [0.2, 0.25) is 5.95 Å². The van der Waals surface area contributed by atoms with Crippen molar-refractivity contribution >= 4 is 23.4 Å². The molecule has 5 nitrogen and oxygen atoms in total. The van der Waals surface area contributed by atoms with Crippen LogP contribution in [-0.4, -0.2) is 29.6 Å². The maximum Gasteiger partial charge on any atom is 0.228 e. The van der Waals surface area contributed by atoms with Crippen LogP contribution in [0.15, 0.2) is 6.07 Å². The molecule has 1 aliphatic heterocycles. The molecule has 0 spiro atoms. The summed E-state index contributed by atoms with van der Waals surface area (Å²) in [5.41, 5.74) is 11.3. The summed E-state index contributed by atoms with van der Waals surface area (Å²) in [4.78, 5) is 10.5. The highest BCUT2D eigenvalue weighted by molar-refractivity contribution is 6.29. The Hall–Kier alpha value is -1.07. The Labute approximate surface area is 99.8 Å². The Balaban J connectivity index is 2.08. The zero-order chi connectivity index (χ0) is 11.5. The number of anilines is 2. The summed E-state index contributed by atoms with van der Waals surface area (Å²) < 4.78 is 0. The van der Waals surface area contributed by atoms with Crippen LogP contribution < -0.4 is 16.4 Å². The Morgan fingerprint density at radius 1 is 1.38 bits per heavy atom. The number of halogens is 1. The second kappa shape index (κ2) is 4.84. The van der Waals surface area contributed by atoms with Crippen molar-refractivity contribution in [3.05, 3.63) is 11.2 Å². The highest BCUT2D eigenvalue weighted by Gasteiger charge is 2.20. The van der Waals surface area contributed by atoms with E-state index in [-0.39, 0.29) is 0 Å². The minimum absolute atomic E-state index is 0.392. The maximum atomic E-state index is 5.85. The summed E-state index contributed by atoms with van der Waals surface area (Å²) in [5, 5.41) is 0.392. The molecule has 88 valence electrons. The monoisotopic (exact) mass is 241 g/mol. The lowest BCUT2D eigenvalue weighted by Gasteiger charge is -2.31. The van der Waals surface area contributed by atoms with E-state index in [1.807, 2.05) is 0 Å². The van der Waals surface area contributed by atoms with Gasteiger partial charge in [-0.3, -0.25) is 0 Å². The summed E-state index contributed by atoms with van der Waals surface area (Å²) in [7, 11) is 0. The van der Waals surface area contributed by atoms with Gasteiger partial charge in [0.25, 0.3) is 0 Å². The van der Waals surface area contributed by atoms with Crippen molar-refractivity contribution in [2.75, 3.05) is 30.3 Å². The van der Waals surface area contributed by atoms with Crippen LogP contribution >= 0.6 is 11.6 Å². The number of nitrogen functional groups attached to an aromatic ring is 1. The maximum absolute atomic E-state index is 5.85. The SMILES string of the molecule is NCC1CCN(c2nc(N)cc(Cl)n2)CC1. The molecule has 0 unspecified atom stereocenters. The predicted octanol–water partition coefficient (Wildman–Crippen LogP) is 0.887. The smallest absolute Gasteiger partial charge is 0.228 e. The fourth-order valence-electron chi connectivity index (χ4n) is 1.93. The van der Waals surface area contributed by atoms with E-state index in [1.54, 1.807) is 6.07 Å². The second-order valence-corrected chi connectivity index (χ2v) is 4.47. The van der Waals surface area contributed by atoms with Crippen LogP contribution in [0.2, 0.25) is 5.15 Å². The van der Waals surface area contributed by atoms with Crippen LogP contribution in [0.1, 0.15) is 12.8 Å². The fraction of sp³-hybridized carbons (Fsp3) is 0.600. The van der Waals surface area contributed by atoms with E-state index in [0.29, 0.717) is 22.8 Å². The van der Waals surface area contributed by atoms with Crippen molar-refractivity contribution in [1.82, 2.24) is 9.97 Å². The lowest BCUT2D eigenvalue weighted by Crippen LogP contribution is -2.37. The molecule has 1 aliphatic rings. The predicted molar refractivity (Wildman–Crippen MR) is 65.4 cm³/mol. The third-order valence-corrected chi connectivity index (χ3v) is 3.13. The third-order valence-electron chi connectivity index (χ3n) is 2.93. The largest absolute Gasteiger partial charge is 0.383 e. The van der Waals surface area contributed by atoms with Crippen molar-refractivity contribution in [3.63, 3.8) is 0 Å². The fourth-order valence-corrected chi connectivity index (χ4v) is 2.12. The molecule has 4 N–H and O–H groups in total. The number of piperidine rings is 1. The first-order chi connectivity index (χ1) is 7.69. The van der Waals surface area contributed by atoms with Gasteiger partial charge in [0, 0.05) is 19.2 Å². The van der Waals surface area contributed by atoms with E-state index in [9.17, 15) is 0 Å². The minimum Gasteiger partial charge on any atom is -0.383 e. The van der Waals surface area contributed by atoms with Gasteiger partial charge in [0.1, 0.15) is 11.0 Å². The van der Waals surface area contributed by atoms with Crippen LogP contribution in [0.4, 0.5) is 11.8 Å². The average molecular weight is 242 g/mol. The quantitative estimate of drug-likeness (QED) is 0.752. The molecule has 1 fully saturated rings. The average Bonchev–Trinajstić information content (AvgIpc) is 2.28. The summed E-state index contributed by atoms with van der Waals surface area (Å²) in [6.07, 6.45) is 2.15. The van der Waals surface area contributed by atoms with E-state index in [2.05, 4.69) is 14.9 Å². The van der Waals surface area contributed by atoms with Crippen molar-refractivity contribution in [3.8, 4) is 0 Å². The molecule has 2 rings (SSSR count). The van der Waals surface area contributed by atoms with Gasteiger partial charge in [-0.1, -0.05) is 11.6 Å². The molecule has 1 saturated heterocycles. The van der Waals surface area contributed by atoms with E-state index >= 15 is 0 Å². The van der Waals surface area contributed by atoms with Gasteiger partial charge in [-0.05, 0) is 25.3 Å². The Kier molecular flexibility index (Phi) is 3.46. The van der Waals surface area contributed by atoms with Crippen molar-refractivity contribution in [2.45, 2.75) is 12.8 Å². The molecule has 0 radical (unpaired) electrons. The van der Waals surface area contributed by atoms with E-state index in [1.165, 1.54) is 0 Å². The number of nitrogens with two attached hydrogens (primary N) is 2. The lowest BCUT2D eigenvalue weighted by molar-refractivity contribution is 0.411. The minimum atomic E-state index is 0.392. The first-order valence-electron chi connectivity index (χ1n) is 5.44.